The molecule has 0 saturated carbocycles. The van der Waals surface area contributed by atoms with Crippen LogP contribution >= 0.6 is 0 Å². The standard InChI is InChI=1S/C24H15F7N4O/c25-19-5-2-14(3-6-19)16-7-17(10-32-9-16)22(36)34-20-11-33-35(13-20)12-15-1-4-18(23(26,27)28)8-21(15)24(29,30)31/h1-11,13H,12H2,(H,34,36). The molecular weight excluding hydrogens is 493 g/mol. The molecule has 0 unspecified atom stereocenters. The number of nitrogens with one attached hydrogen (secondary N) is 1. The quantitative estimate of drug-likeness (QED) is 0.317. The van der Waals surface area contributed by atoms with E-state index in [1.807, 2.05) is 0 Å². The fourth-order valence-corrected chi connectivity index (χ4v) is 3.41. The van der Waals surface area contributed by atoms with Crippen molar-refractivity contribution in [2.24, 2.45) is 0 Å². The summed E-state index contributed by atoms with van der Waals surface area (Å²) in [5, 5.41) is 6.42. The second-order valence-corrected chi connectivity index (χ2v) is 7.72. The molecule has 0 fully saturated rings. The Morgan fingerprint density at radius 3 is 2.25 bits per heavy atom. The van der Waals surface area contributed by atoms with Crippen LogP contribution in [0.1, 0.15) is 27.0 Å². The molecule has 0 atom stereocenters. The molecule has 0 aliphatic rings. The molecule has 4 aromatic rings. The second kappa shape index (κ2) is 9.44. The fourth-order valence-electron chi connectivity index (χ4n) is 3.41. The number of alkyl halides is 6. The van der Waals surface area contributed by atoms with Gasteiger partial charge in [-0.25, -0.2) is 4.39 Å². The Hall–Kier alpha value is -4.22. The Morgan fingerprint density at radius 1 is 0.861 bits per heavy atom. The van der Waals surface area contributed by atoms with Crippen LogP contribution in [0.3, 0.4) is 0 Å². The molecule has 1 amide bonds. The number of carbonyl (C=O) groups excluding carboxylic acids is 1. The maximum atomic E-state index is 13.4. The minimum Gasteiger partial charge on any atom is -0.319 e. The highest BCUT2D eigenvalue weighted by Gasteiger charge is 2.38. The third kappa shape index (κ3) is 5.70. The van der Waals surface area contributed by atoms with Crippen LogP contribution in [0.15, 0.2) is 73.3 Å². The van der Waals surface area contributed by atoms with Crippen LogP contribution in [0.5, 0.6) is 0 Å². The van der Waals surface area contributed by atoms with E-state index >= 15 is 0 Å². The summed E-state index contributed by atoms with van der Waals surface area (Å²) >= 11 is 0. The molecule has 1 N–H and O–H groups in total. The predicted molar refractivity (Wildman–Crippen MR) is 115 cm³/mol. The lowest BCUT2D eigenvalue weighted by Gasteiger charge is -2.16. The Morgan fingerprint density at radius 2 is 1.58 bits per heavy atom. The first kappa shape index (κ1) is 24.9. The highest BCUT2D eigenvalue weighted by molar-refractivity contribution is 6.04. The number of rotatable bonds is 5. The zero-order valence-electron chi connectivity index (χ0n) is 18.0. The summed E-state index contributed by atoms with van der Waals surface area (Å²) in [5.74, 6) is -1.01. The molecule has 0 bridgehead atoms. The van der Waals surface area contributed by atoms with E-state index in [0.717, 1.165) is 10.7 Å². The summed E-state index contributed by atoms with van der Waals surface area (Å²) in [4.78, 5) is 16.6. The number of carbonyl (C=O) groups is 1. The highest BCUT2D eigenvalue weighted by atomic mass is 19.4. The van der Waals surface area contributed by atoms with Crippen LogP contribution in [0.4, 0.5) is 36.4 Å². The lowest BCUT2D eigenvalue weighted by Crippen LogP contribution is -2.15. The Labute approximate surface area is 199 Å². The van der Waals surface area contributed by atoms with Crippen molar-refractivity contribution in [3.8, 4) is 11.1 Å². The van der Waals surface area contributed by atoms with Crippen molar-refractivity contribution in [1.29, 1.82) is 0 Å². The first-order chi connectivity index (χ1) is 16.9. The number of hydrogen-bond donors (Lipinski definition) is 1. The minimum atomic E-state index is -5.01. The zero-order chi connectivity index (χ0) is 26.1. The number of benzene rings is 2. The van der Waals surface area contributed by atoms with E-state index in [9.17, 15) is 35.5 Å². The van der Waals surface area contributed by atoms with Gasteiger partial charge >= 0.3 is 12.4 Å². The summed E-state index contributed by atoms with van der Waals surface area (Å²) in [6.07, 6.45) is -4.72. The van der Waals surface area contributed by atoms with Gasteiger partial charge in [-0.15, -0.1) is 0 Å². The van der Waals surface area contributed by atoms with Gasteiger partial charge in [0.1, 0.15) is 5.82 Å². The van der Waals surface area contributed by atoms with Gasteiger partial charge in [0, 0.05) is 24.2 Å². The van der Waals surface area contributed by atoms with Crippen LogP contribution in [0, 0.1) is 5.82 Å². The van der Waals surface area contributed by atoms with Crippen LogP contribution in [-0.4, -0.2) is 20.7 Å². The van der Waals surface area contributed by atoms with E-state index in [2.05, 4.69) is 15.4 Å². The maximum absolute atomic E-state index is 13.4. The average molecular weight is 508 g/mol. The van der Waals surface area contributed by atoms with Crippen LogP contribution in [0.2, 0.25) is 0 Å². The van der Waals surface area contributed by atoms with Gasteiger partial charge in [0.2, 0.25) is 0 Å². The molecule has 0 aliphatic carbocycles. The number of halogens is 7. The lowest BCUT2D eigenvalue weighted by molar-refractivity contribution is -0.143. The first-order valence-electron chi connectivity index (χ1n) is 10.2. The zero-order valence-corrected chi connectivity index (χ0v) is 18.0. The maximum Gasteiger partial charge on any atom is 0.416 e. The molecule has 0 spiro atoms. The summed E-state index contributed by atoms with van der Waals surface area (Å²) in [6.45, 7) is -0.482. The normalized spacial score (nSPS) is 12.0. The molecule has 2 aromatic carbocycles. The lowest BCUT2D eigenvalue weighted by atomic mass is 10.0. The fraction of sp³-hybridized carbons (Fsp3) is 0.125. The second-order valence-electron chi connectivity index (χ2n) is 7.72. The molecule has 186 valence electrons. The number of amides is 1. The highest BCUT2D eigenvalue weighted by Crippen LogP contribution is 2.37. The van der Waals surface area contributed by atoms with Crippen LogP contribution < -0.4 is 5.32 Å². The molecule has 5 nitrogen and oxygen atoms in total. The summed E-state index contributed by atoms with van der Waals surface area (Å²) in [5.41, 5.74) is -1.78. The van der Waals surface area contributed by atoms with Gasteiger partial charge in [-0.1, -0.05) is 18.2 Å². The molecule has 12 heteroatoms. The Bertz CT molecular complexity index is 1390. The van der Waals surface area contributed by atoms with E-state index in [0.29, 0.717) is 17.2 Å². The molecule has 2 aromatic heterocycles. The van der Waals surface area contributed by atoms with E-state index in [-0.39, 0.29) is 17.3 Å². The molecule has 0 aliphatic heterocycles. The summed E-state index contributed by atoms with van der Waals surface area (Å²) in [6, 6.07) is 8.47. The third-order valence-electron chi connectivity index (χ3n) is 5.14. The van der Waals surface area contributed by atoms with Crippen molar-refractivity contribution in [3.63, 3.8) is 0 Å². The van der Waals surface area contributed by atoms with Gasteiger partial charge in [-0.2, -0.15) is 31.4 Å². The van der Waals surface area contributed by atoms with Gasteiger partial charge in [-0.05, 0) is 41.5 Å². The largest absolute Gasteiger partial charge is 0.416 e. The Balaban J connectivity index is 1.51. The Kier molecular flexibility index (Phi) is 6.53. The number of anilines is 1. The van der Waals surface area contributed by atoms with Crippen molar-refractivity contribution >= 4 is 11.6 Å². The van der Waals surface area contributed by atoms with Gasteiger partial charge in [0.15, 0.2) is 0 Å². The van der Waals surface area contributed by atoms with E-state index in [1.54, 1.807) is 0 Å². The van der Waals surface area contributed by atoms with Crippen LogP contribution in [0.25, 0.3) is 11.1 Å². The van der Waals surface area contributed by atoms with E-state index < -0.39 is 47.3 Å². The number of nitrogens with zero attached hydrogens (tertiary/aromatic N) is 3. The van der Waals surface area contributed by atoms with Gasteiger partial charge < -0.3 is 5.32 Å². The third-order valence-corrected chi connectivity index (χ3v) is 5.14. The van der Waals surface area contributed by atoms with Crippen molar-refractivity contribution in [2.75, 3.05) is 5.32 Å². The molecule has 0 radical (unpaired) electrons. The van der Waals surface area contributed by atoms with Gasteiger partial charge in [0.25, 0.3) is 5.91 Å². The minimum absolute atomic E-state index is 0.0582. The van der Waals surface area contributed by atoms with Crippen molar-refractivity contribution in [3.05, 3.63) is 101 Å². The van der Waals surface area contributed by atoms with E-state index in [1.165, 1.54) is 55.1 Å². The van der Waals surface area contributed by atoms with Gasteiger partial charge in [0.05, 0.1) is 35.1 Å². The van der Waals surface area contributed by atoms with Crippen LogP contribution in [-0.2, 0) is 18.9 Å². The molecular formula is C24H15F7N4O. The van der Waals surface area contributed by atoms with E-state index in [4.69, 9.17) is 0 Å². The molecule has 4 rings (SSSR count). The van der Waals surface area contributed by atoms with Gasteiger partial charge in [-0.3, -0.25) is 14.5 Å². The molecule has 36 heavy (non-hydrogen) atoms. The van der Waals surface area contributed by atoms with Crippen molar-refractivity contribution in [2.45, 2.75) is 18.9 Å². The number of pyridine rings is 1. The predicted octanol–water partition coefficient (Wildman–Crippen LogP) is 6.42. The summed E-state index contributed by atoms with van der Waals surface area (Å²) in [7, 11) is 0. The SMILES string of the molecule is O=C(Nc1cnn(Cc2ccc(C(F)(F)F)cc2C(F)(F)F)c1)c1cncc(-c2ccc(F)cc2)c1. The molecule has 2 heterocycles. The summed E-state index contributed by atoms with van der Waals surface area (Å²) < 4.78 is 93.0. The monoisotopic (exact) mass is 508 g/mol. The average Bonchev–Trinajstić information content (AvgIpc) is 3.25. The topological polar surface area (TPSA) is 59.8 Å². The van der Waals surface area contributed by atoms with Crippen molar-refractivity contribution < 1.29 is 35.5 Å². The first-order valence-corrected chi connectivity index (χ1v) is 10.2. The number of aromatic nitrogens is 3. The number of hydrogen-bond acceptors (Lipinski definition) is 3. The molecule has 0 saturated heterocycles. The smallest absolute Gasteiger partial charge is 0.319 e. The van der Waals surface area contributed by atoms with Crippen molar-refractivity contribution in [1.82, 2.24) is 14.8 Å².